The van der Waals surface area contributed by atoms with Gasteiger partial charge in [-0.1, -0.05) is 11.6 Å². The van der Waals surface area contributed by atoms with Crippen LogP contribution in [0.15, 0.2) is 33.4 Å². The van der Waals surface area contributed by atoms with Crippen LogP contribution >= 0.6 is 38.9 Å². The molecule has 0 spiro atoms. The van der Waals surface area contributed by atoms with E-state index in [1.165, 1.54) is 11.3 Å². The third kappa shape index (κ3) is 2.14. The highest BCUT2D eigenvalue weighted by Crippen LogP contribution is 2.26. The van der Waals surface area contributed by atoms with Crippen molar-refractivity contribution in [1.29, 1.82) is 0 Å². The fraction of sp³-hybridized carbons (Fsp3) is 0. The van der Waals surface area contributed by atoms with Crippen LogP contribution in [0.1, 0.15) is 15.9 Å². The molecule has 0 saturated carbocycles. The highest BCUT2D eigenvalue weighted by atomic mass is 79.9. The van der Waals surface area contributed by atoms with Gasteiger partial charge >= 0.3 is 0 Å². The summed E-state index contributed by atoms with van der Waals surface area (Å²) in [6, 6.07) is 4.89. The summed E-state index contributed by atoms with van der Waals surface area (Å²) in [4.78, 5) is 12.1. The van der Waals surface area contributed by atoms with Crippen molar-refractivity contribution in [2.45, 2.75) is 0 Å². The summed E-state index contributed by atoms with van der Waals surface area (Å²) in [5.41, 5.74) is 7.26. The Bertz CT molecular complexity index is 553. The second-order valence-corrected chi connectivity index (χ2v) is 5.20. The van der Waals surface area contributed by atoms with Crippen molar-refractivity contribution in [1.82, 2.24) is 0 Å². The molecule has 2 rings (SSSR count). The fourth-order valence-corrected chi connectivity index (χ4v) is 2.86. The lowest BCUT2D eigenvalue weighted by molar-refractivity contribution is 0.103. The first-order valence-corrected chi connectivity index (χ1v) is 6.52. The van der Waals surface area contributed by atoms with E-state index in [4.69, 9.17) is 17.3 Å². The van der Waals surface area contributed by atoms with Gasteiger partial charge in [0.25, 0.3) is 0 Å². The zero-order valence-electron chi connectivity index (χ0n) is 8.04. The van der Waals surface area contributed by atoms with Crippen LogP contribution in [0.5, 0.6) is 0 Å². The molecule has 0 amide bonds. The second-order valence-electron chi connectivity index (χ2n) is 3.20. The van der Waals surface area contributed by atoms with Crippen LogP contribution in [0, 0.1) is 0 Å². The van der Waals surface area contributed by atoms with E-state index >= 15 is 0 Å². The maximum absolute atomic E-state index is 12.1. The molecule has 2 N–H and O–H groups in total. The number of rotatable bonds is 2. The molecule has 0 fully saturated rings. The number of carbonyl (C=O) groups is 1. The van der Waals surface area contributed by atoms with Crippen LogP contribution in [0.2, 0.25) is 5.02 Å². The minimum absolute atomic E-state index is 0.0588. The predicted octanol–water partition coefficient (Wildman–Crippen LogP) is 3.98. The molecule has 0 atom stereocenters. The zero-order chi connectivity index (χ0) is 11.7. The van der Waals surface area contributed by atoms with Crippen LogP contribution in [0.3, 0.4) is 0 Å². The number of thiophene rings is 1. The van der Waals surface area contributed by atoms with Gasteiger partial charge in [0, 0.05) is 26.4 Å². The van der Waals surface area contributed by atoms with E-state index in [1.807, 2.05) is 5.38 Å². The molecule has 2 aromatic rings. The van der Waals surface area contributed by atoms with E-state index in [-0.39, 0.29) is 5.78 Å². The summed E-state index contributed by atoms with van der Waals surface area (Å²) in [5, 5.41) is 4.13. The number of anilines is 1. The lowest BCUT2D eigenvalue weighted by Gasteiger charge is -2.02. The van der Waals surface area contributed by atoms with Gasteiger partial charge in [0.1, 0.15) is 0 Å². The normalized spacial score (nSPS) is 10.4. The zero-order valence-corrected chi connectivity index (χ0v) is 11.2. The van der Waals surface area contributed by atoms with Crippen LogP contribution < -0.4 is 5.73 Å². The summed E-state index contributed by atoms with van der Waals surface area (Å²) < 4.78 is 0.802. The third-order valence-electron chi connectivity index (χ3n) is 2.12. The van der Waals surface area contributed by atoms with Gasteiger partial charge in [-0.2, -0.15) is 11.3 Å². The Morgan fingerprint density at radius 3 is 2.69 bits per heavy atom. The Balaban J connectivity index is 2.42. The largest absolute Gasteiger partial charge is 0.398 e. The van der Waals surface area contributed by atoms with E-state index in [2.05, 4.69) is 15.9 Å². The topological polar surface area (TPSA) is 43.1 Å². The van der Waals surface area contributed by atoms with Crippen molar-refractivity contribution in [2.24, 2.45) is 0 Å². The van der Waals surface area contributed by atoms with Gasteiger partial charge in [-0.25, -0.2) is 0 Å². The third-order valence-corrected chi connectivity index (χ3v) is 4.16. The second kappa shape index (κ2) is 4.57. The first-order valence-electron chi connectivity index (χ1n) is 4.41. The van der Waals surface area contributed by atoms with Gasteiger partial charge in [-0.15, -0.1) is 0 Å². The molecule has 2 nitrogen and oxygen atoms in total. The molecule has 0 radical (unpaired) electrons. The monoisotopic (exact) mass is 315 g/mol. The Kier molecular flexibility index (Phi) is 3.33. The maximum atomic E-state index is 12.1. The molecule has 16 heavy (non-hydrogen) atoms. The molecule has 5 heteroatoms. The highest BCUT2D eigenvalue weighted by Gasteiger charge is 2.14. The number of hydrogen-bond acceptors (Lipinski definition) is 3. The van der Waals surface area contributed by atoms with E-state index < -0.39 is 0 Å². The van der Waals surface area contributed by atoms with Crippen LogP contribution in [-0.2, 0) is 0 Å². The number of halogens is 2. The lowest BCUT2D eigenvalue weighted by Crippen LogP contribution is -2.01. The van der Waals surface area contributed by atoms with Crippen LogP contribution in [0.25, 0.3) is 0 Å². The molecule has 82 valence electrons. The van der Waals surface area contributed by atoms with E-state index in [0.29, 0.717) is 21.8 Å². The molecular weight excluding hydrogens is 310 g/mol. The van der Waals surface area contributed by atoms with Crippen LogP contribution in [-0.4, -0.2) is 5.78 Å². The number of hydrogen-bond donors (Lipinski definition) is 1. The SMILES string of the molecule is Nc1cc(C(=O)c2cscc2Br)ccc1Cl. The Morgan fingerprint density at radius 2 is 2.12 bits per heavy atom. The summed E-state index contributed by atoms with van der Waals surface area (Å²) in [7, 11) is 0. The summed E-state index contributed by atoms with van der Waals surface area (Å²) in [6.07, 6.45) is 0. The first-order chi connectivity index (χ1) is 7.59. The van der Waals surface area contributed by atoms with E-state index in [9.17, 15) is 4.79 Å². The molecule has 0 bridgehead atoms. The van der Waals surface area contributed by atoms with Gasteiger partial charge in [0.05, 0.1) is 10.7 Å². The van der Waals surface area contributed by atoms with Gasteiger partial charge < -0.3 is 5.73 Å². The van der Waals surface area contributed by atoms with Crippen LogP contribution in [0.4, 0.5) is 5.69 Å². The molecule has 0 aliphatic rings. The minimum Gasteiger partial charge on any atom is -0.398 e. The van der Waals surface area contributed by atoms with Crippen molar-refractivity contribution in [3.63, 3.8) is 0 Å². The molecule has 0 unspecified atom stereocenters. The number of carbonyl (C=O) groups excluding carboxylic acids is 1. The lowest BCUT2D eigenvalue weighted by atomic mass is 10.1. The fourth-order valence-electron chi connectivity index (χ4n) is 1.28. The standard InChI is InChI=1S/C11H7BrClNOS/c12-8-5-16-4-7(8)11(15)6-1-2-9(13)10(14)3-6/h1-5H,14H2. The summed E-state index contributed by atoms with van der Waals surface area (Å²) in [5.74, 6) is -0.0588. The number of benzene rings is 1. The first kappa shape index (κ1) is 11.6. The Morgan fingerprint density at radius 1 is 1.38 bits per heavy atom. The quantitative estimate of drug-likeness (QED) is 0.673. The van der Waals surface area contributed by atoms with Crippen molar-refractivity contribution in [3.05, 3.63) is 49.6 Å². The molecule has 1 aromatic carbocycles. The average Bonchev–Trinajstić information content (AvgIpc) is 2.67. The van der Waals surface area contributed by atoms with Crippen molar-refractivity contribution >= 4 is 50.3 Å². The van der Waals surface area contributed by atoms with Gasteiger partial charge in [-0.05, 0) is 34.1 Å². The molecule has 0 aliphatic heterocycles. The smallest absolute Gasteiger partial charge is 0.195 e. The molecular formula is C11H7BrClNOS. The van der Waals surface area contributed by atoms with Gasteiger partial charge in [0.2, 0.25) is 0 Å². The maximum Gasteiger partial charge on any atom is 0.195 e. The molecule has 1 aromatic heterocycles. The van der Waals surface area contributed by atoms with Crippen molar-refractivity contribution in [2.75, 3.05) is 5.73 Å². The number of nitrogens with two attached hydrogens (primary N) is 1. The highest BCUT2D eigenvalue weighted by molar-refractivity contribution is 9.10. The Hall–Kier alpha value is -0.840. The summed E-state index contributed by atoms with van der Waals surface area (Å²) in [6.45, 7) is 0. The van der Waals surface area contributed by atoms with E-state index in [1.54, 1.807) is 23.6 Å². The minimum atomic E-state index is -0.0588. The summed E-state index contributed by atoms with van der Waals surface area (Å²) >= 11 is 10.6. The number of nitrogen functional groups attached to an aromatic ring is 1. The van der Waals surface area contributed by atoms with Gasteiger partial charge in [0.15, 0.2) is 5.78 Å². The molecule has 0 saturated heterocycles. The Labute approximate surface area is 110 Å². The molecule has 1 heterocycles. The van der Waals surface area contributed by atoms with Gasteiger partial charge in [-0.3, -0.25) is 4.79 Å². The molecule has 0 aliphatic carbocycles. The van der Waals surface area contributed by atoms with Crippen molar-refractivity contribution in [3.8, 4) is 0 Å². The van der Waals surface area contributed by atoms with Crippen molar-refractivity contribution < 1.29 is 4.79 Å². The number of ketones is 1. The average molecular weight is 317 g/mol. The predicted molar refractivity (Wildman–Crippen MR) is 71.3 cm³/mol. The van der Waals surface area contributed by atoms with E-state index in [0.717, 1.165) is 4.47 Å².